The van der Waals surface area contributed by atoms with Crippen molar-refractivity contribution >= 4 is 11.9 Å². The molecule has 1 aliphatic heterocycles. The highest BCUT2D eigenvalue weighted by atomic mass is 16.5. The van der Waals surface area contributed by atoms with Crippen molar-refractivity contribution in [3.8, 4) is 11.4 Å². The fourth-order valence-corrected chi connectivity index (χ4v) is 3.69. The highest BCUT2D eigenvalue weighted by Gasteiger charge is 2.38. The second kappa shape index (κ2) is 7.69. The van der Waals surface area contributed by atoms with Crippen molar-refractivity contribution in [2.75, 3.05) is 0 Å². The fraction of sp³-hybridized carbons (Fsp3) is 0.400. The third-order valence-corrected chi connectivity index (χ3v) is 5.14. The topological polar surface area (TPSA) is 138 Å². The van der Waals surface area contributed by atoms with Gasteiger partial charge in [0.15, 0.2) is 0 Å². The molecule has 156 valence electrons. The second-order valence-electron chi connectivity index (χ2n) is 8.17. The van der Waals surface area contributed by atoms with Crippen molar-refractivity contribution in [3.05, 3.63) is 48.1 Å². The van der Waals surface area contributed by atoms with Gasteiger partial charge in [0.2, 0.25) is 17.6 Å². The standard InChI is InChI=1S/C20H22N6O4/c1-20(2,9-17(28)29)8-16(27)26-10-14-13(22-11-23-14)7-15(26)19-24-18(25-30-19)12-3-5-21-6-4-12/h3-6,11,15H,7-10H2,1-2H3,(H,22,23)(H,28,29)/t15-/m1/s1. The summed E-state index contributed by atoms with van der Waals surface area (Å²) in [5.74, 6) is -0.369. The Kier molecular flexibility index (Phi) is 5.06. The molecule has 4 rings (SSSR count). The molecule has 0 unspecified atom stereocenters. The van der Waals surface area contributed by atoms with E-state index < -0.39 is 17.4 Å². The molecule has 0 aliphatic carbocycles. The molecule has 0 spiro atoms. The number of fused-ring (bicyclic) bond motifs is 1. The normalized spacial score (nSPS) is 16.3. The molecule has 1 atom stereocenters. The maximum atomic E-state index is 13.2. The summed E-state index contributed by atoms with van der Waals surface area (Å²) in [5, 5.41) is 13.2. The fourth-order valence-electron chi connectivity index (χ4n) is 3.69. The maximum Gasteiger partial charge on any atom is 0.303 e. The van der Waals surface area contributed by atoms with Crippen LogP contribution in [0, 0.1) is 5.41 Å². The lowest BCUT2D eigenvalue weighted by Gasteiger charge is -2.35. The molecule has 0 saturated heterocycles. The zero-order chi connectivity index (χ0) is 21.3. The van der Waals surface area contributed by atoms with Crippen LogP contribution in [0.1, 0.15) is 50.0 Å². The highest BCUT2D eigenvalue weighted by molar-refractivity contribution is 5.78. The summed E-state index contributed by atoms with van der Waals surface area (Å²) >= 11 is 0. The van der Waals surface area contributed by atoms with Gasteiger partial charge in [-0.2, -0.15) is 4.98 Å². The SMILES string of the molecule is CC(C)(CC(=O)O)CC(=O)N1Cc2[nH]cnc2C[C@@H]1c1nc(-c2ccncc2)no1. The summed E-state index contributed by atoms with van der Waals surface area (Å²) in [5.41, 5.74) is 1.78. The smallest absolute Gasteiger partial charge is 0.303 e. The average molecular weight is 410 g/mol. The predicted octanol–water partition coefficient (Wildman–Crippen LogP) is 2.37. The minimum Gasteiger partial charge on any atom is -0.481 e. The first kappa shape index (κ1) is 19.7. The molecule has 1 aliphatic rings. The number of carboxylic acids is 1. The molecule has 3 aromatic heterocycles. The molecule has 0 radical (unpaired) electrons. The number of aromatic nitrogens is 5. The maximum absolute atomic E-state index is 13.2. The summed E-state index contributed by atoms with van der Waals surface area (Å²) in [7, 11) is 0. The van der Waals surface area contributed by atoms with E-state index in [-0.39, 0.29) is 18.7 Å². The lowest BCUT2D eigenvalue weighted by atomic mass is 9.84. The Morgan fingerprint density at radius 3 is 2.80 bits per heavy atom. The van der Waals surface area contributed by atoms with Crippen LogP contribution in [0.2, 0.25) is 0 Å². The molecule has 3 aromatic rings. The Labute approximate surface area is 172 Å². The number of rotatable bonds is 6. The largest absolute Gasteiger partial charge is 0.481 e. The average Bonchev–Trinajstić information content (AvgIpc) is 3.35. The molecule has 10 nitrogen and oxygen atoms in total. The summed E-state index contributed by atoms with van der Waals surface area (Å²) in [6.07, 6.45) is 5.30. The van der Waals surface area contributed by atoms with Crippen molar-refractivity contribution in [1.29, 1.82) is 0 Å². The number of aromatic amines is 1. The third kappa shape index (κ3) is 4.07. The van der Waals surface area contributed by atoms with Gasteiger partial charge in [-0.15, -0.1) is 0 Å². The van der Waals surface area contributed by atoms with Crippen LogP contribution >= 0.6 is 0 Å². The Morgan fingerprint density at radius 2 is 2.07 bits per heavy atom. The Balaban J connectivity index is 1.62. The summed E-state index contributed by atoms with van der Waals surface area (Å²) < 4.78 is 5.52. The molecule has 0 saturated carbocycles. The minimum atomic E-state index is -0.933. The third-order valence-electron chi connectivity index (χ3n) is 5.14. The van der Waals surface area contributed by atoms with E-state index in [0.717, 1.165) is 17.0 Å². The van der Waals surface area contributed by atoms with E-state index in [4.69, 9.17) is 9.63 Å². The first-order chi connectivity index (χ1) is 14.3. The lowest BCUT2D eigenvalue weighted by Crippen LogP contribution is -2.41. The van der Waals surface area contributed by atoms with Gasteiger partial charge in [-0.1, -0.05) is 19.0 Å². The number of hydrogen-bond acceptors (Lipinski definition) is 7. The van der Waals surface area contributed by atoms with Gasteiger partial charge < -0.3 is 19.5 Å². The van der Waals surface area contributed by atoms with Gasteiger partial charge in [-0.05, 0) is 17.5 Å². The van der Waals surface area contributed by atoms with Crippen LogP contribution in [-0.4, -0.2) is 47.0 Å². The first-order valence-electron chi connectivity index (χ1n) is 9.59. The highest BCUT2D eigenvalue weighted by Crippen LogP contribution is 2.35. The van der Waals surface area contributed by atoms with Crippen molar-refractivity contribution in [2.45, 2.75) is 45.7 Å². The van der Waals surface area contributed by atoms with Crippen LogP contribution in [0.5, 0.6) is 0 Å². The number of nitrogens with one attached hydrogen (secondary N) is 1. The van der Waals surface area contributed by atoms with Gasteiger partial charge in [0.1, 0.15) is 6.04 Å². The number of nitrogens with zero attached hydrogens (tertiary/aromatic N) is 5. The lowest BCUT2D eigenvalue weighted by molar-refractivity contribution is -0.142. The minimum absolute atomic E-state index is 0.0879. The molecular formula is C20H22N6O4. The van der Waals surface area contributed by atoms with E-state index in [2.05, 4.69) is 25.1 Å². The van der Waals surface area contributed by atoms with Crippen molar-refractivity contribution in [2.24, 2.45) is 5.41 Å². The van der Waals surface area contributed by atoms with E-state index in [9.17, 15) is 9.59 Å². The number of carbonyl (C=O) groups is 2. The zero-order valence-corrected chi connectivity index (χ0v) is 16.7. The molecule has 1 amide bonds. The predicted molar refractivity (Wildman–Crippen MR) is 104 cm³/mol. The Bertz CT molecular complexity index is 1060. The molecule has 2 N–H and O–H groups in total. The summed E-state index contributed by atoms with van der Waals surface area (Å²) in [4.78, 5) is 41.9. The number of pyridine rings is 1. The molecule has 0 fully saturated rings. The van der Waals surface area contributed by atoms with Gasteiger partial charge in [0, 0.05) is 30.8 Å². The molecule has 30 heavy (non-hydrogen) atoms. The van der Waals surface area contributed by atoms with Crippen LogP contribution in [-0.2, 0) is 22.6 Å². The van der Waals surface area contributed by atoms with Crippen LogP contribution in [0.25, 0.3) is 11.4 Å². The van der Waals surface area contributed by atoms with Gasteiger partial charge >= 0.3 is 5.97 Å². The quantitative estimate of drug-likeness (QED) is 0.631. The molecule has 0 bridgehead atoms. The summed E-state index contributed by atoms with van der Waals surface area (Å²) in [6.45, 7) is 3.86. The van der Waals surface area contributed by atoms with Crippen LogP contribution in [0.15, 0.2) is 35.4 Å². The summed E-state index contributed by atoms with van der Waals surface area (Å²) in [6, 6.07) is 3.08. The molecular weight excluding hydrogens is 388 g/mol. The van der Waals surface area contributed by atoms with E-state index in [0.29, 0.717) is 24.7 Å². The Morgan fingerprint density at radius 1 is 1.30 bits per heavy atom. The number of amides is 1. The van der Waals surface area contributed by atoms with Crippen LogP contribution in [0.3, 0.4) is 0 Å². The number of aliphatic carboxylic acids is 1. The van der Waals surface area contributed by atoms with E-state index in [1.807, 2.05) is 0 Å². The van der Waals surface area contributed by atoms with E-state index in [1.165, 1.54) is 0 Å². The number of H-pyrrole nitrogens is 1. The van der Waals surface area contributed by atoms with Crippen LogP contribution < -0.4 is 0 Å². The molecule has 4 heterocycles. The van der Waals surface area contributed by atoms with Crippen molar-refractivity contribution < 1.29 is 19.2 Å². The zero-order valence-electron chi connectivity index (χ0n) is 16.7. The molecule has 10 heteroatoms. The number of imidazole rings is 1. The van der Waals surface area contributed by atoms with Gasteiger partial charge in [-0.3, -0.25) is 14.6 Å². The molecule has 0 aromatic carbocycles. The first-order valence-corrected chi connectivity index (χ1v) is 9.59. The van der Waals surface area contributed by atoms with Crippen molar-refractivity contribution in [1.82, 2.24) is 30.0 Å². The van der Waals surface area contributed by atoms with E-state index in [1.54, 1.807) is 49.6 Å². The van der Waals surface area contributed by atoms with E-state index >= 15 is 0 Å². The van der Waals surface area contributed by atoms with Gasteiger partial charge in [0.25, 0.3) is 0 Å². The van der Waals surface area contributed by atoms with Gasteiger partial charge in [0.05, 0.1) is 30.7 Å². The number of hydrogen-bond donors (Lipinski definition) is 2. The second-order valence-corrected chi connectivity index (χ2v) is 8.17. The monoisotopic (exact) mass is 410 g/mol. The van der Waals surface area contributed by atoms with Gasteiger partial charge in [-0.25, -0.2) is 4.98 Å². The van der Waals surface area contributed by atoms with Crippen LogP contribution in [0.4, 0.5) is 0 Å². The van der Waals surface area contributed by atoms with Crippen molar-refractivity contribution in [3.63, 3.8) is 0 Å². The number of carboxylic acid groups (broad SMARTS) is 1. The Hall–Kier alpha value is -3.56. The number of carbonyl (C=O) groups excluding carboxylic acids is 1.